The minimum absolute atomic E-state index is 0.262. The van der Waals surface area contributed by atoms with Gasteiger partial charge in [0.05, 0.1) is 5.54 Å². The van der Waals surface area contributed by atoms with Crippen molar-refractivity contribution < 1.29 is 4.39 Å². The summed E-state index contributed by atoms with van der Waals surface area (Å²) in [7, 11) is 0. The Morgan fingerprint density at radius 1 is 1.00 bits per heavy atom. The van der Waals surface area contributed by atoms with Crippen molar-refractivity contribution in [3.8, 4) is 0 Å². The van der Waals surface area contributed by atoms with Gasteiger partial charge in [0.2, 0.25) is 0 Å². The average molecular weight is 243 g/mol. The normalized spacial score (nSPS) is 14.3. The lowest BCUT2D eigenvalue weighted by atomic mass is 9.84. The molecular formula is C16H18FN. The molecule has 0 spiro atoms. The van der Waals surface area contributed by atoms with Crippen LogP contribution in [-0.2, 0) is 5.54 Å². The van der Waals surface area contributed by atoms with Crippen LogP contribution in [0.1, 0.15) is 29.2 Å². The Bertz CT molecular complexity index is 553. The van der Waals surface area contributed by atoms with Gasteiger partial charge in [-0.2, -0.15) is 0 Å². The molecule has 1 unspecified atom stereocenters. The van der Waals surface area contributed by atoms with E-state index in [4.69, 9.17) is 5.73 Å². The van der Waals surface area contributed by atoms with E-state index in [1.165, 1.54) is 6.07 Å². The van der Waals surface area contributed by atoms with Gasteiger partial charge in [0.15, 0.2) is 0 Å². The molecule has 0 amide bonds. The summed E-state index contributed by atoms with van der Waals surface area (Å²) in [6.07, 6.45) is 0. The zero-order valence-corrected chi connectivity index (χ0v) is 11.0. The van der Waals surface area contributed by atoms with Gasteiger partial charge < -0.3 is 5.73 Å². The van der Waals surface area contributed by atoms with Crippen LogP contribution in [-0.4, -0.2) is 0 Å². The first-order valence-electron chi connectivity index (χ1n) is 6.04. The predicted molar refractivity (Wildman–Crippen MR) is 73.0 cm³/mol. The van der Waals surface area contributed by atoms with Crippen LogP contribution in [0.5, 0.6) is 0 Å². The molecule has 0 aliphatic carbocycles. The quantitative estimate of drug-likeness (QED) is 0.855. The van der Waals surface area contributed by atoms with Gasteiger partial charge in [-0.15, -0.1) is 0 Å². The number of hydrogen-bond acceptors (Lipinski definition) is 1. The van der Waals surface area contributed by atoms with Crippen molar-refractivity contribution in [3.05, 3.63) is 70.5 Å². The summed E-state index contributed by atoms with van der Waals surface area (Å²) in [4.78, 5) is 0. The molecule has 2 rings (SSSR count). The largest absolute Gasteiger partial charge is 0.318 e. The highest BCUT2D eigenvalue weighted by atomic mass is 19.1. The number of rotatable bonds is 2. The number of benzene rings is 2. The third-order valence-electron chi connectivity index (χ3n) is 3.25. The Morgan fingerprint density at radius 2 is 1.56 bits per heavy atom. The van der Waals surface area contributed by atoms with E-state index < -0.39 is 5.54 Å². The number of aryl methyl sites for hydroxylation is 2. The van der Waals surface area contributed by atoms with E-state index in [0.29, 0.717) is 5.56 Å². The molecule has 0 bridgehead atoms. The molecule has 18 heavy (non-hydrogen) atoms. The number of halogens is 1. The summed E-state index contributed by atoms with van der Waals surface area (Å²) < 4.78 is 13.9. The highest BCUT2D eigenvalue weighted by Crippen LogP contribution is 2.29. The van der Waals surface area contributed by atoms with Crippen LogP contribution >= 0.6 is 0 Å². The van der Waals surface area contributed by atoms with Crippen molar-refractivity contribution in [2.45, 2.75) is 26.3 Å². The van der Waals surface area contributed by atoms with E-state index in [-0.39, 0.29) is 5.82 Å². The van der Waals surface area contributed by atoms with Gasteiger partial charge in [-0.25, -0.2) is 4.39 Å². The Hall–Kier alpha value is -1.67. The first-order chi connectivity index (χ1) is 8.41. The molecular weight excluding hydrogens is 225 g/mol. The Kier molecular flexibility index (Phi) is 3.22. The molecule has 94 valence electrons. The van der Waals surface area contributed by atoms with Gasteiger partial charge in [-0.3, -0.25) is 0 Å². The fraction of sp³-hybridized carbons (Fsp3) is 0.250. The summed E-state index contributed by atoms with van der Waals surface area (Å²) in [5.41, 5.74) is 9.27. The molecule has 0 heterocycles. The third-order valence-corrected chi connectivity index (χ3v) is 3.25. The lowest BCUT2D eigenvalue weighted by Gasteiger charge is -2.27. The molecule has 0 aliphatic rings. The zero-order valence-electron chi connectivity index (χ0n) is 11.0. The van der Waals surface area contributed by atoms with Crippen LogP contribution in [0.3, 0.4) is 0 Å². The van der Waals surface area contributed by atoms with Gasteiger partial charge in [0, 0.05) is 5.56 Å². The summed E-state index contributed by atoms with van der Waals surface area (Å²) in [5, 5.41) is 0. The summed E-state index contributed by atoms with van der Waals surface area (Å²) in [5.74, 6) is -0.262. The number of hydrogen-bond donors (Lipinski definition) is 1. The molecule has 2 heteroatoms. The smallest absolute Gasteiger partial charge is 0.128 e. The third kappa shape index (κ3) is 2.29. The first kappa shape index (κ1) is 12.8. The minimum Gasteiger partial charge on any atom is -0.318 e. The van der Waals surface area contributed by atoms with E-state index in [0.717, 1.165) is 16.7 Å². The molecule has 0 saturated heterocycles. The van der Waals surface area contributed by atoms with Crippen LogP contribution in [0, 0.1) is 19.7 Å². The van der Waals surface area contributed by atoms with E-state index in [1.54, 1.807) is 12.1 Å². The van der Waals surface area contributed by atoms with Gasteiger partial charge in [-0.1, -0.05) is 47.5 Å². The lowest BCUT2D eigenvalue weighted by Crippen LogP contribution is -2.35. The van der Waals surface area contributed by atoms with Crippen molar-refractivity contribution in [2.75, 3.05) is 0 Å². The molecule has 1 atom stereocenters. The standard InChI is InChI=1S/C16H18FN/c1-11-8-12(2)10-13(9-11)16(3,18)14-6-4-5-7-15(14)17/h4-10H,18H2,1-3H3. The highest BCUT2D eigenvalue weighted by Gasteiger charge is 2.26. The van der Waals surface area contributed by atoms with E-state index >= 15 is 0 Å². The predicted octanol–water partition coefficient (Wildman–Crippen LogP) is 3.66. The first-order valence-corrected chi connectivity index (χ1v) is 6.04. The fourth-order valence-electron chi connectivity index (χ4n) is 2.31. The van der Waals surface area contributed by atoms with Gasteiger partial charge in [0.1, 0.15) is 5.82 Å². The van der Waals surface area contributed by atoms with Gasteiger partial charge in [0.25, 0.3) is 0 Å². The lowest BCUT2D eigenvalue weighted by molar-refractivity contribution is 0.530. The molecule has 0 radical (unpaired) electrons. The van der Waals surface area contributed by atoms with Crippen molar-refractivity contribution >= 4 is 0 Å². The SMILES string of the molecule is Cc1cc(C)cc(C(C)(N)c2ccccc2F)c1. The van der Waals surface area contributed by atoms with Crippen molar-refractivity contribution in [1.82, 2.24) is 0 Å². The van der Waals surface area contributed by atoms with Crippen LogP contribution in [0.15, 0.2) is 42.5 Å². The van der Waals surface area contributed by atoms with Gasteiger partial charge >= 0.3 is 0 Å². The maximum atomic E-state index is 13.9. The monoisotopic (exact) mass is 243 g/mol. The van der Waals surface area contributed by atoms with E-state index in [2.05, 4.69) is 6.07 Å². The average Bonchev–Trinajstić information content (AvgIpc) is 2.28. The molecule has 2 aromatic carbocycles. The molecule has 1 nitrogen and oxygen atoms in total. The molecule has 0 aromatic heterocycles. The van der Waals surface area contributed by atoms with Gasteiger partial charge in [-0.05, 0) is 32.4 Å². The van der Waals surface area contributed by atoms with Crippen LogP contribution in [0.2, 0.25) is 0 Å². The maximum absolute atomic E-state index is 13.9. The Morgan fingerprint density at radius 3 is 2.11 bits per heavy atom. The summed E-state index contributed by atoms with van der Waals surface area (Å²) in [6, 6.07) is 12.8. The highest BCUT2D eigenvalue weighted by molar-refractivity contribution is 5.41. The molecule has 0 fully saturated rings. The second kappa shape index (κ2) is 4.54. The Balaban J connectivity index is 2.57. The summed E-state index contributed by atoms with van der Waals surface area (Å²) in [6.45, 7) is 5.89. The van der Waals surface area contributed by atoms with Crippen molar-refractivity contribution in [1.29, 1.82) is 0 Å². The maximum Gasteiger partial charge on any atom is 0.128 e. The van der Waals surface area contributed by atoms with Crippen LogP contribution in [0.25, 0.3) is 0 Å². The molecule has 0 aliphatic heterocycles. The van der Waals surface area contributed by atoms with E-state index in [9.17, 15) is 4.39 Å². The molecule has 2 aromatic rings. The zero-order chi connectivity index (χ0) is 13.3. The fourth-order valence-corrected chi connectivity index (χ4v) is 2.31. The summed E-state index contributed by atoms with van der Waals surface area (Å²) >= 11 is 0. The van der Waals surface area contributed by atoms with Crippen LogP contribution in [0.4, 0.5) is 4.39 Å². The number of nitrogens with two attached hydrogens (primary N) is 1. The minimum atomic E-state index is -0.817. The Labute approximate surface area is 107 Å². The topological polar surface area (TPSA) is 26.0 Å². The molecule has 0 saturated carbocycles. The molecule has 2 N–H and O–H groups in total. The second-order valence-corrected chi connectivity index (χ2v) is 5.06. The van der Waals surface area contributed by atoms with Crippen LogP contribution < -0.4 is 5.73 Å². The van der Waals surface area contributed by atoms with Crippen molar-refractivity contribution in [3.63, 3.8) is 0 Å². The van der Waals surface area contributed by atoms with E-state index in [1.807, 2.05) is 39.0 Å². The van der Waals surface area contributed by atoms with Crippen molar-refractivity contribution in [2.24, 2.45) is 5.73 Å². The second-order valence-electron chi connectivity index (χ2n) is 5.06.